The zero-order valence-corrected chi connectivity index (χ0v) is 9.97. The van der Waals surface area contributed by atoms with Crippen LogP contribution in [0.1, 0.15) is 51.9 Å². The first kappa shape index (κ1) is 11.0. The molecule has 1 atom stereocenters. The van der Waals surface area contributed by atoms with Crippen molar-refractivity contribution in [2.45, 2.75) is 64.0 Å². The first-order valence-corrected chi connectivity index (χ1v) is 6.45. The largest absolute Gasteiger partial charge is 0.293 e. The number of hydrogen-bond donors (Lipinski definition) is 0. The summed E-state index contributed by atoms with van der Waals surface area (Å²) in [7, 11) is 0. The lowest BCUT2D eigenvalue weighted by molar-refractivity contribution is 0.117. The Morgan fingerprint density at radius 2 is 1.80 bits per heavy atom. The predicted octanol–water partition coefficient (Wildman–Crippen LogP) is 3.51. The molecule has 0 spiro atoms. The van der Waals surface area contributed by atoms with Crippen LogP contribution in [-0.2, 0) is 0 Å². The lowest BCUT2D eigenvalue weighted by atomic mass is 9.94. The average molecular weight is 205 g/mol. The summed E-state index contributed by atoms with van der Waals surface area (Å²) in [6.07, 6.45) is 9.80. The Morgan fingerprint density at radius 3 is 2.47 bits per heavy atom. The summed E-state index contributed by atoms with van der Waals surface area (Å²) in [5.41, 5.74) is 4.48. The molecule has 0 N–H and O–H groups in total. The third-order valence-electron chi connectivity index (χ3n) is 4.12. The van der Waals surface area contributed by atoms with Gasteiger partial charge in [0.25, 0.3) is 0 Å². The molecule has 84 valence electrons. The maximum Gasteiger partial charge on any atom is 0.0382 e. The highest BCUT2D eigenvalue weighted by Gasteiger charge is 2.31. The summed E-state index contributed by atoms with van der Waals surface area (Å²) in [5, 5.41) is 0. The van der Waals surface area contributed by atoms with Gasteiger partial charge in [-0.05, 0) is 44.7 Å². The van der Waals surface area contributed by atoms with Crippen LogP contribution in [0.25, 0.3) is 0 Å². The number of piperidine rings is 1. The van der Waals surface area contributed by atoms with Crippen LogP contribution < -0.4 is 0 Å². The molecule has 1 saturated heterocycles. The molecule has 1 aliphatic carbocycles. The van der Waals surface area contributed by atoms with Crippen molar-refractivity contribution in [2.24, 2.45) is 0 Å². The molecule has 1 nitrogen and oxygen atoms in total. The van der Waals surface area contributed by atoms with Crippen molar-refractivity contribution in [3.63, 3.8) is 0 Å². The molecular formula is C14H23N. The Balaban J connectivity index is 2.08. The average Bonchev–Trinajstić information content (AvgIpc) is 2.81. The fourth-order valence-electron chi connectivity index (χ4n) is 3.21. The fourth-order valence-corrected chi connectivity index (χ4v) is 3.21. The van der Waals surface area contributed by atoms with Crippen LogP contribution in [0.4, 0.5) is 0 Å². The summed E-state index contributed by atoms with van der Waals surface area (Å²) >= 11 is 0. The van der Waals surface area contributed by atoms with Gasteiger partial charge in [0.2, 0.25) is 0 Å². The highest BCUT2D eigenvalue weighted by Crippen LogP contribution is 2.31. The summed E-state index contributed by atoms with van der Waals surface area (Å²) in [6, 6.07) is 1.51. The topological polar surface area (TPSA) is 3.24 Å². The minimum absolute atomic E-state index is 0.652. The third-order valence-corrected chi connectivity index (χ3v) is 4.12. The summed E-state index contributed by atoms with van der Waals surface area (Å²) in [5.74, 6) is 0. The van der Waals surface area contributed by atoms with Gasteiger partial charge in [0.15, 0.2) is 0 Å². The maximum atomic E-state index is 3.81. The van der Waals surface area contributed by atoms with Crippen LogP contribution in [0.2, 0.25) is 0 Å². The molecule has 0 radical (unpaired) electrons. The Labute approximate surface area is 93.9 Å². The van der Waals surface area contributed by atoms with Crippen molar-refractivity contribution >= 4 is 0 Å². The van der Waals surface area contributed by atoms with Gasteiger partial charge in [-0.2, -0.15) is 0 Å². The van der Waals surface area contributed by atoms with Crippen LogP contribution in [0.5, 0.6) is 0 Å². The van der Waals surface area contributed by atoms with Crippen LogP contribution in [0, 0.1) is 0 Å². The van der Waals surface area contributed by atoms with Gasteiger partial charge in [-0.15, -0.1) is 5.73 Å². The van der Waals surface area contributed by atoms with Gasteiger partial charge in [0.05, 0.1) is 0 Å². The second kappa shape index (κ2) is 5.01. The molecule has 2 rings (SSSR count). The molecule has 15 heavy (non-hydrogen) atoms. The van der Waals surface area contributed by atoms with E-state index in [1.165, 1.54) is 57.1 Å². The lowest BCUT2D eigenvalue weighted by Crippen LogP contribution is -2.45. The monoisotopic (exact) mass is 205 g/mol. The van der Waals surface area contributed by atoms with Gasteiger partial charge >= 0.3 is 0 Å². The molecule has 1 heteroatoms. The summed E-state index contributed by atoms with van der Waals surface area (Å²) < 4.78 is 0. The van der Waals surface area contributed by atoms with Gasteiger partial charge in [-0.1, -0.05) is 25.8 Å². The van der Waals surface area contributed by atoms with Gasteiger partial charge in [-0.3, -0.25) is 4.90 Å². The molecule has 1 heterocycles. The third kappa shape index (κ3) is 2.35. The van der Waals surface area contributed by atoms with E-state index in [2.05, 4.69) is 24.1 Å². The molecule has 1 unspecified atom stereocenters. The van der Waals surface area contributed by atoms with E-state index in [9.17, 15) is 0 Å². The molecular weight excluding hydrogens is 182 g/mol. The lowest BCUT2D eigenvalue weighted by Gasteiger charge is -2.40. The van der Waals surface area contributed by atoms with Crippen molar-refractivity contribution in [3.05, 3.63) is 17.9 Å². The van der Waals surface area contributed by atoms with Crippen molar-refractivity contribution in [2.75, 3.05) is 6.54 Å². The van der Waals surface area contributed by atoms with Gasteiger partial charge < -0.3 is 0 Å². The van der Waals surface area contributed by atoms with Gasteiger partial charge in [-0.25, -0.2) is 0 Å². The van der Waals surface area contributed by atoms with Crippen molar-refractivity contribution in [1.29, 1.82) is 0 Å². The van der Waals surface area contributed by atoms with Crippen LogP contribution >= 0.6 is 0 Å². The molecule has 0 bridgehead atoms. The minimum atomic E-state index is 0.652. The number of hydrogen-bond acceptors (Lipinski definition) is 1. The predicted molar refractivity (Wildman–Crippen MR) is 64.9 cm³/mol. The second-order valence-electron chi connectivity index (χ2n) is 5.05. The molecule has 1 saturated carbocycles. The summed E-state index contributed by atoms with van der Waals surface area (Å²) in [6.45, 7) is 7.31. The first-order chi connectivity index (χ1) is 7.33. The number of likely N-dealkylation sites (tertiary alicyclic amines) is 1. The smallest absolute Gasteiger partial charge is 0.0382 e. The Hall–Kier alpha value is -0.520. The normalized spacial score (nSPS) is 29.0. The second-order valence-corrected chi connectivity index (χ2v) is 5.05. The van der Waals surface area contributed by atoms with E-state index in [0.717, 1.165) is 6.04 Å². The number of rotatable bonds is 2. The van der Waals surface area contributed by atoms with E-state index < -0.39 is 0 Å². The van der Waals surface area contributed by atoms with Gasteiger partial charge in [0, 0.05) is 12.1 Å². The Kier molecular flexibility index (Phi) is 3.66. The molecule has 0 aromatic rings. The fraction of sp³-hybridized carbons (Fsp3) is 0.786. The molecule has 0 aromatic heterocycles. The molecule has 0 amide bonds. The van der Waals surface area contributed by atoms with Crippen LogP contribution in [0.3, 0.4) is 0 Å². The summed E-state index contributed by atoms with van der Waals surface area (Å²) in [4.78, 5) is 2.74. The Morgan fingerprint density at radius 1 is 1.13 bits per heavy atom. The molecule has 2 aliphatic rings. The van der Waals surface area contributed by atoms with Crippen LogP contribution in [-0.4, -0.2) is 23.5 Å². The SMILES string of the molecule is C=C=C(C)C1CCCCN1C1CCCC1. The molecule has 2 fully saturated rings. The van der Waals surface area contributed by atoms with Crippen molar-refractivity contribution < 1.29 is 0 Å². The minimum Gasteiger partial charge on any atom is -0.293 e. The standard InChI is InChI=1S/C14H23N/c1-3-12(2)14-10-6-7-11-15(14)13-8-4-5-9-13/h13-14H,1,4-11H2,2H3. The quantitative estimate of drug-likeness (QED) is 0.623. The van der Waals surface area contributed by atoms with Crippen molar-refractivity contribution in [3.8, 4) is 0 Å². The highest BCUT2D eigenvalue weighted by atomic mass is 15.2. The van der Waals surface area contributed by atoms with E-state index >= 15 is 0 Å². The van der Waals surface area contributed by atoms with Crippen LogP contribution in [0.15, 0.2) is 17.9 Å². The molecule has 1 aliphatic heterocycles. The Bertz CT molecular complexity index is 257. The van der Waals surface area contributed by atoms with Crippen molar-refractivity contribution in [1.82, 2.24) is 4.90 Å². The van der Waals surface area contributed by atoms with E-state index in [-0.39, 0.29) is 0 Å². The van der Waals surface area contributed by atoms with E-state index in [4.69, 9.17) is 0 Å². The van der Waals surface area contributed by atoms with E-state index in [0.29, 0.717) is 6.04 Å². The zero-order chi connectivity index (χ0) is 10.7. The first-order valence-electron chi connectivity index (χ1n) is 6.45. The van der Waals surface area contributed by atoms with E-state index in [1.807, 2.05) is 0 Å². The maximum absolute atomic E-state index is 3.81. The van der Waals surface area contributed by atoms with E-state index in [1.54, 1.807) is 0 Å². The zero-order valence-electron chi connectivity index (χ0n) is 9.97. The highest BCUT2D eigenvalue weighted by molar-refractivity contribution is 5.08. The number of nitrogens with zero attached hydrogens (tertiary/aromatic N) is 1. The molecule has 0 aromatic carbocycles. The van der Waals surface area contributed by atoms with Gasteiger partial charge in [0.1, 0.15) is 0 Å².